The van der Waals surface area contributed by atoms with Crippen LogP contribution in [0.4, 0.5) is 0 Å². The highest BCUT2D eigenvalue weighted by Gasteiger charge is 2.37. The summed E-state index contributed by atoms with van der Waals surface area (Å²) in [6.07, 6.45) is 4.82. The van der Waals surface area contributed by atoms with Crippen LogP contribution in [0, 0.1) is 0 Å². The van der Waals surface area contributed by atoms with Crippen LogP contribution in [0.5, 0.6) is 0 Å². The van der Waals surface area contributed by atoms with Gasteiger partial charge in [0.1, 0.15) is 0 Å². The molecule has 1 fully saturated rings. The summed E-state index contributed by atoms with van der Waals surface area (Å²) >= 11 is 1.42. The van der Waals surface area contributed by atoms with Crippen LogP contribution in [0.25, 0.3) is 0 Å². The number of hydrogen-bond acceptors (Lipinski definition) is 4. The second-order valence-corrected chi connectivity index (χ2v) is 5.22. The molecule has 6 heteroatoms. The van der Waals surface area contributed by atoms with E-state index in [-0.39, 0.29) is 23.0 Å². The van der Waals surface area contributed by atoms with Gasteiger partial charge >= 0.3 is 0 Å². The van der Waals surface area contributed by atoms with Gasteiger partial charge in [0.15, 0.2) is 0 Å². The van der Waals surface area contributed by atoms with Crippen LogP contribution < -0.4 is 0 Å². The molecule has 5 nitrogen and oxygen atoms in total. The molecule has 0 aromatic heterocycles. The van der Waals surface area contributed by atoms with Crippen molar-refractivity contribution in [3.8, 4) is 0 Å². The van der Waals surface area contributed by atoms with E-state index in [9.17, 15) is 14.4 Å². The number of unbranched alkanes of at least 4 members (excludes halogenated alkanes) is 2. The number of carbonyl (C=O) groups is 3. The van der Waals surface area contributed by atoms with Crippen molar-refractivity contribution in [3.63, 3.8) is 0 Å². The zero-order chi connectivity index (χ0) is 13.5. The van der Waals surface area contributed by atoms with E-state index < -0.39 is 0 Å². The van der Waals surface area contributed by atoms with Crippen LogP contribution in [0.1, 0.15) is 32.1 Å². The van der Waals surface area contributed by atoms with Crippen molar-refractivity contribution in [1.82, 2.24) is 4.90 Å². The van der Waals surface area contributed by atoms with Gasteiger partial charge in [-0.05, 0) is 25.8 Å². The van der Waals surface area contributed by atoms with Gasteiger partial charge in [-0.15, -0.1) is 0 Å². The molecule has 0 aliphatic carbocycles. The number of likely N-dealkylation sites (tertiary alicyclic amines) is 1. The summed E-state index contributed by atoms with van der Waals surface area (Å²) in [7, 11) is 0. The van der Waals surface area contributed by atoms with Gasteiger partial charge in [0, 0.05) is 19.4 Å². The third-order valence-electron chi connectivity index (χ3n) is 2.94. The minimum Gasteiger partial charge on any atom is -0.282 e. The van der Waals surface area contributed by atoms with E-state index in [0.29, 0.717) is 19.4 Å². The van der Waals surface area contributed by atoms with Crippen molar-refractivity contribution in [2.45, 2.75) is 37.4 Å². The molecule has 0 radical (unpaired) electrons. The lowest BCUT2D eigenvalue weighted by Crippen LogP contribution is -2.32. The number of nitrogens with zero attached hydrogens (tertiary/aromatic N) is 2. The monoisotopic (exact) mass is 270 g/mol. The predicted octanol–water partition coefficient (Wildman–Crippen LogP) is 1.26. The molecule has 1 aliphatic rings. The smallest absolute Gasteiger partial charge is 0.245 e. The van der Waals surface area contributed by atoms with Crippen molar-refractivity contribution in [2.24, 2.45) is 4.99 Å². The third kappa shape index (κ3) is 3.94. The number of thioether (sulfide) groups is 1. The average Bonchev–Trinajstić information content (AvgIpc) is 2.64. The van der Waals surface area contributed by atoms with Gasteiger partial charge in [-0.2, -0.15) is 11.8 Å². The Bertz CT molecular complexity index is 357. The average molecular weight is 270 g/mol. The molecule has 18 heavy (non-hydrogen) atoms. The largest absolute Gasteiger partial charge is 0.282 e. The maximum Gasteiger partial charge on any atom is 0.245 e. The van der Waals surface area contributed by atoms with Crippen molar-refractivity contribution in [2.75, 3.05) is 12.8 Å². The fraction of sp³-hybridized carbons (Fsp3) is 0.667. The van der Waals surface area contributed by atoms with Crippen molar-refractivity contribution >= 4 is 36.2 Å². The Labute approximate surface area is 111 Å². The van der Waals surface area contributed by atoms with Crippen molar-refractivity contribution in [3.05, 3.63) is 0 Å². The Balaban J connectivity index is 2.23. The lowest BCUT2D eigenvalue weighted by atomic mass is 10.2. The standard InChI is InChI=1S/C12H18N2O3S/c1-13-10(15)6-4-3-5-7-14-11(16)8-9(18-2)12(14)17/h9H,1,3-8H2,2H3. The minimum absolute atomic E-state index is 0.0728. The molecule has 1 saturated heterocycles. The molecule has 1 aliphatic heterocycles. The van der Waals surface area contributed by atoms with E-state index in [1.54, 1.807) is 0 Å². The van der Waals surface area contributed by atoms with Gasteiger partial charge in [-0.1, -0.05) is 6.42 Å². The third-order valence-corrected chi connectivity index (χ3v) is 3.87. The first-order valence-electron chi connectivity index (χ1n) is 5.96. The molecule has 0 bridgehead atoms. The number of amides is 3. The molecular formula is C12H18N2O3S. The molecule has 0 spiro atoms. The highest BCUT2D eigenvalue weighted by Crippen LogP contribution is 2.23. The summed E-state index contributed by atoms with van der Waals surface area (Å²) < 4.78 is 0. The van der Waals surface area contributed by atoms with Crippen LogP contribution in [0.15, 0.2) is 4.99 Å². The molecule has 0 aromatic carbocycles. The number of hydrogen-bond donors (Lipinski definition) is 0. The number of carbonyl (C=O) groups excluding carboxylic acids is 3. The van der Waals surface area contributed by atoms with Gasteiger partial charge in [0.05, 0.1) is 5.25 Å². The van der Waals surface area contributed by atoms with E-state index >= 15 is 0 Å². The zero-order valence-corrected chi connectivity index (χ0v) is 11.4. The first-order chi connectivity index (χ1) is 8.60. The van der Waals surface area contributed by atoms with E-state index in [4.69, 9.17) is 0 Å². The fourth-order valence-corrected chi connectivity index (χ4v) is 2.51. The molecule has 1 unspecified atom stereocenters. The minimum atomic E-state index is -0.205. The summed E-state index contributed by atoms with van der Waals surface area (Å²) in [5.74, 6) is -0.356. The summed E-state index contributed by atoms with van der Waals surface area (Å²) in [4.78, 5) is 38.9. The van der Waals surface area contributed by atoms with Crippen molar-refractivity contribution < 1.29 is 14.4 Å². The lowest BCUT2D eigenvalue weighted by Gasteiger charge is -2.13. The summed E-state index contributed by atoms with van der Waals surface area (Å²) in [5.41, 5.74) is 0. The summed E-state index contributed by atoms with van der Waals surface area (Å²) in [5, 5.41) is -0.205. The number of rotatable bonds is 7. The number of imide groups is 1. The quantitative estimate of drug-likeness (QED) is 0.397. The second kappa shape index (κ2) is 7.31. The molecule has 1 atom stereocenters. The highest BCUT2D eigenvalue weighted by molar-refractivity contribution is 8.00. The lowest BCUT2D eigenvalue weighted by molar-refractivity contribution is -0.138. The Hall–Kier alpha value is -1.17. The summed E-state index contributed by atoms with van der Waals surface area (Å²) in [6, 6.07) is 0. The second-order valence-electron chi connectivity index (χ2n) is 4.17. The maximum atomic E-state index is 11.8. The molecule has 1 rings (SSSR count). The molecule has 100 valence electrons. The Morgan fingerprint density at radius 3 is 2.72 bits per heavy atom. The van der Waals surface area contributed by atoms with Gasteiger partial charge in [0.2, 0.25) is 17.7 Å². The Kier molecular flexibility index (Phi) is 6.04. The van der Waals surface area contributed by atoms with Crippen LogP contribution in [-0.4, -0.2) is 47.4 Å². The Morgan fingerprint density at radius 1 is 1.44 bits per heavy atom. The van der Waals surface area contributed by atoms with Gasteiger partial charge < -0.3 is 0 Å². The normalized spacial score (nSPS) is 19.4. The van der Waals surface area contributed by atoms with E-state index in [1.807, 2.05) is 6.26 Å². The molecule has 3 amide bonds. The first-order valence-corrected chi connectivity index (χ1v) is 7.25. The van der Waals surface area contributed by atoms with Crippen LogP contribution in [-0.2, 0) is 14.4 Å². The zero-order valence-electron chi connectivity index (χ0n) is 10.6. The van der Waals surface area contributed by atoms with E-state index in [1.165, 1.54) is 16.7 Å². The molecular weight excluding hydrogens is 252 g/mol. The van der Waals surface area contributed by atoms with Crippen LogP contribution in [0.3, 0.4) is 0 Å². The fourth-order valence-electron chi connectivity index (χ4n) is 1.87. The van der Waals surface area contributed by atoms with Crippen LogP contribution >= 0.6 is 11.8 Å². The Morgan fingerprint density at radius 2 is 2.17 bits per heavy atom. The molecule has 1 heterocycles. The highest BCUT2D eigenvalue weighted by atomic mass is 32.2. The number of aliphatic imine (C=N–C) groups is 1. The SMILES string of the molecule is C=NC(=O)CCCCCN1C(=O)CC(SC)C1=O. The van der Waals surface area contributed by atoms with Gasteiger partial charge in [-0.3, -0.25) is 19.3 Å². The van der Waals surface area contributed by atoms with Crippen LogP contribution in [0.2, 0.25) is 0 Å². The van der Waals surface area contributed by atoms with Gasteiger partial charge in [-0.25, -0.2) is 4.99 Å². The predicted molar refractivity (Wildman–Crippen MR) is 71.7 cm³/mol. The van der Waals surface area contributed by atoms with E-state index in [0.717, 1.165) is 19.3 Å². The van der Waals surface area contributed by atoms with Gasteiger partial charge in [0.25, 0.3) is 0 Å². The molecule has 0 N–H and O–H groups in total. The van der Waals surface area contributed by atoms with Crippen molar-refractivity contribution in [1.29, 1.82) is 0 Å². The molecule has 0 saturated carbocycles. The first kappa shape index (κ1) is 14.9. The molecule has 0 aromatic rings. The maximum absolute atomic E-state index is 11.8. The topological polar surface area (TPSA) is 66.8 Å². The summed E-state index contributed by atoms with van der Waals surface area (Å²) in [6.45, 7) is 3.62. The van der Waals surface area contributed by atoms with E-state index in [2.05, 4.69) is 11.7 Å².